The Hall–Kier alpha value is -1.56. The minimum atomic E-state index is -1.09. The molecular weight excluding hydrogens is 278 g/mol. The van der Waals surface area contributed by atoms with Crippen LogP contribution in [0.15, 0.2) is 18.2 Å². The zero-order valence-electron chi connectivity index (χ0n) is 8.44. The molecular formula is C10H10BrNO4. The molecule has 0 radical (unpaired) electrons. The molecule has 1 unspecified atom stereocenters. The predicted molar refractivity (Wildman–Crippen MR) is 60.8 cm³/mol. The van der Waals surface area contributed by atoms with Gasteiger partial charge in [0.1, 0.15) is 16.1 Å². The molecule has 0 heterocycles. The molecule has 86 valence electrons. The van der Waals surface area contributed by atoms with E-state index in [9.17, 15) is 9.59 Å². The van der Waals surface area contributed by atoms with Crippen molar-refractivity contribution >= 4 is 27.8 Å². The van der Waals surface area contributed by atoms with Crippen LogP contribution in [0.3, 0.4) is 0 Å². The van der Waals surface area contributed by atoms with Gasteiger partial charge in [-0.1, -0.05) is 22.0 Å². The molecule has 0 fully saturated rings. The summed E-state index contributed by atoms with van der Waals surface area (Å²) in [6.07, 6.45) is 0. The van der Waals surface area contributed by atoms with Crippen LogP contribution in [0.5, 0.6) is 5.75 Å². The minimum absolute atomic E-state index is 0.0374. The van der Waals surface area contributed by atoms with Gasteiger partial charge in [-0.05, 0) is 17.7 Å². The number of methoxy groups -OCH3 is 1. The standard InChI is InChI=1S/C10H10BrNO4/c1-16-7-4-5(8(11)9(12)13)2-3-6(7)10(14)15/h2-4,8H,1H3,(H2,12,13)(H,14,15). The van der Waals surface area contributed by atoms with E-state index in [-0.39, 0.29) is 11.3 Å². The van der Waals surface area contributed by atoms with Crippen LogP contribution in [0.4, 0.5) is 0 Å². The maximum Gasteiger partial charge on any atom is 0.339 e. The van der Waals surface area contributed by atoms with Gasteiger partial charge < -0.3 is 15.6 Å². The van der Waals surface area contributed by atoms with Crippen LogP contribution in [-0.2, 0) is 4.79 Å². The molecule has 1 aromatic carbocycles. The normalized spacial score (nSPS) is 11.9. The second-order valence-corrected chi connectivity index (χ2v) is 3.95. The first-order valence-electron chi connectivity index (χ1n) is 4.32. The first-order valence-corrected chi connectivity index (χ1v) is 5.23. The summed E-state index contributed by atoms with van der Waals surface area (Å²) in [5.74, 6) is -1.45. The molecule has 0 aromatic heterocycles. The van der Waals surface area contributed by atoms with E-state index in [0.29, 0.717) is 5.56 Å². The van der Waals surface area contributed by atoms with E-state index in [2.05, 4.69) is 15.9 Å². The van der Waals surface area contributed by atoms with Gasteiger partial charge in [0.25, 0.3) is 0 Å². The van der Waals surface area contributed by atoms with Crippen LogP contribution in [-0.4, -0.2) is 24.1 Å². The van der Waals surface area contributed by atoms with Crippen LogP contribution in [0.1, 0.15) is 20.7 Å². The summed E-state index contributed by atoms with van der Waals surface area (Å²) in [7, 11) is 1.36. The maximum absolute atomic E-state index is 10.9. The average Bonchev–Trinajstić information content (AvgIpc) is 2.26. The summed E-state index contributed by atoms with van der Waals surface area (Å²) >= 11 is 3.10. The van der Waals surface area contributed by atoms with Crippen LogP contribution >= 0.6 is 15.9 Å². The van der Waals surface area contributed by atoms with Gasteiger partial charge in [0, 0.05) is 0 Å². The SMILES string of the molecule is COc1cc(C(Br)C(N)=O)ccc1C(=O)O. The molecule has 0 aliphatic carbocycles. The summed E-state index contributed by atoms with van der Waals surface area (Å²) in [6.45, 7) is 0. The molecule has 6 heteroatoms. The van der Waals surface area contributed by atoms with E-state index in [1.54, 1.807) is 0 Å². The fourth-order valence-electron chi connectivity index (χ4n) is 1.21. The number of carbonyl (C=O) groups excluding carboxylic acids is 1. The molecule has 16 heavy (non-hydrogen) atoms. The minimum Gasteiger partial charge on any atom is -0.496 e. The highest BCUT2D eigenvalue weighted by Crippen LogP contribution is 2.28. The number of rotatable bonds is 4. The first-order chi connectivity index (χ1) is 7.47. The highest BCUT2D eigenvalue weighted by atomic mass is 79.9. The monoisotopic (exact) mass is 287 g/mol. The Morgan fingerprint density at radius 1 is 1.50 bits per heavy atom. The zero-order chi connectivity index (χ0) is 12.3. The average molecular weight is 288 g/mol. The largest absolute Gasteiger partial charge is 0.496 e. The summed E-state index contributed by atoms with van der Waals surface area (Å²) in [4.78, 5) is 21.1. The molecule has 0 aliphatic rings. The number of carboxylic acid groups (broad SMARTS) is 1. The Balaban J connectivity index is 3.18. The lowest BCUT2D eigenvalue weighted by Crippen LogP contribution is -2.16. The number of aromatic carboxylic acids is 1. The molecule has 1 atom stereocenters. The van der Waals surface area contributed by atoms with Crippen LogP contribution in [0, 0.1) is 0 Å². The summed E-state index contributed by atoms with van der Waals surface area (Å²) in [6, 6.07) is 4.34. The Morgan fingerprint density at radius 2 is 2.12 bits per heavy atom. The van der Waals surface area contributed by atoms with E-state index >= 15 is 0 Å². The van der Waals surface area contributed by atoms with Crippen molar-refractivity contribution in [3.05, 3.63) is 29.3 Å². The van der Waals surface area contributed by atoms with Crippen molar-refractivity contribution < 1.29 is 19.4 Å². The Morgan fingerprint density at radius 3 is 2.56 bits per heavy atom. The third-order valence-electron chi connectivity index (χ3n) is 2.00. The molecule has 5 nitrogen and oxygen atoms in total. The lowest BCUT2D eigenvalue weighted by Gasteiger charge is -2.10. The number of halogens is 1. The quantitative estimate of drug-likeness (QED) is 0.817. The highest BCUT2D eigenvalue weighted by molar-refractivity contribution is 9.09. The van der Waals surface area contributed by atoms with Crippen molar-refractivity contribution in [3.63, 3.8) is 0 Å². The van der Waals surface area contributed by atoms with Gasteiger partial charge in [0.05, 0.1) is 7.11 Å². The number of alkyl halides is 1. The van der Waals surface area contributed by atoms with Crippen LogP contribution in [0.2, 0.25) is 0 Å². The number of hydrogen-bond acceptors (Lipinski definition) is 3. The third kappa shape index (κ3) is 2.52. The summed E-state index contributed by atoms with van der Waals surface area (Å²) < 4.78 is 4.92. The van der Waals surface area contributed by atoms with Crippen molar-refractivity contribution in [2.75, 3.05) is 7.11 Å². The molecule has 1 rings (SSSR count). The molecule has 3 N–H and O–H groups in total. The smallest absolute Gasteiger partial charge is 0.339 e. The number of primary amides is 1. The van der Waals surface area contributed by atoms with Gasteiger partial charge in [-0.15, -0.1) is 0 Å². The van der Waals surface area contributed by atoms with Crippen molar-refractivity contribution in [2.45, 2.75) is 4.83 Å². The molecule has 0 spiro atoms. The second kappa shape index (κ2) is 4.98. The van der Waals surface area contributed by atoms with Crippen molar-refractivity contribution in [1.29, 1.82) is 0 Å². The van der Waals surface area contributed by atoms with E-state index in [1.807, 2.05) is 0 Å². The predicted octanol–water partition coefficient (Wildman–Crippen LogP) is 1.31. The second-order valence-electron chi connectivity index (χ2n) is 3.03. The van der Waals surface area contributed by atoms with Crippen molar-refractivity contribution in [3.8, 4) is 5.75 Å². The van der Waals surface area contributed by atoms with Crippen molar-refractivity contribution in [2.24, 2.45) is 5.73 Å². The van der Waals surface area contributed by atoms with Gasteiger partial charge in [-0.25, -0.2) is 4.79 Å². The molecule has 0 bridgehead atoms. The van der Waals surface area contributed by atoms with Crippen molar-refractivity contribution in [1.82, 2.24) is 0 Å². The number of carboxylic acids is 1. The van der Waals surface area contributed by atoms with Crippen LogP contribution < -0.4 is 10.5 Å². The van der Waals surface area contributed by atoms with Gasteiger partial charge in [0.2, 0.25) is 5.91 Å². The Labute approximate surface area is 100 Å². The number of amides is 1. The Kier molecular flexibility index (Phi) is 3.89. The first kappa shape index (κ1) is 12.5. The number of ether oxygens (including phenoxy) is 1. The number of nitrogens with two attached hydrogens (primary N) is 1. The summed E-state index contributed by atoms with van der Waals surface area (Å²) in [5.41, 5.74) is 5.70. The summed E-state index contributed by atoms with van der Waals surface area (Å²) in [5, 5.41) is 8.85. The number of carbonyl (C=O) groups is 2. The lowest BCUT2D eigenvalue weighted by atomic mass is 10.1. The molecule has 1 aromatic rings. The van der Waals surface area contributed by atoms with E-state index in [0.717, 1.165) is 0 Å². The number of hydrogen-bond donors (Lipinski definition) is 2. The fourth-order valence-corrected chi connectivity index (χ4v) is 1.49. The molecule has 0 saturated carbocycles. The zero-order valence-corrected chi connectivity index (χ0v) is 10.0. The molecule has 0 aliphatic heterocycles. The topological polar surface area (TPSA) is 89.6 Å². The molecule has 0 saturated heterocycles. The highest BCUT2D eigenvalue weighted by Gasteiger charge is 2.17. The van der Waals surface area contributed by atoms with E-state index in [4.69, 9.17) is 15.6 Å². The fraction of sp³-hybridized carbons (Fsp3) is 0.200. The molecule has 1 amide bonds. The van der Waals surface area contributed by atoms with Gasteiger partial charge >= 0.3 is 5.97 Å². The maximum atomic E-state index is 10.9. The van der Waals surface area contributed by atoms with E-state index in [1.165, 1.54) is 25.3 Å². The van der Waals surface area contributed by atoms with Crippen LogP contribution in [0.25, 0.3) is 0 Å². The van der Waals surface area contributed by atoms with Gasteiger partial charge in [-0.3, -0.25) is 4.79 Å². The van der Waals surface area contributed by atoms with E-state index < -0.39 is 16.7 Å². The number of benzene rings is 1. The van der Waals surface area contributed by atoms with Gasteiger partial charge in [0.15, 0.2) is 0 Å². The Bertz CT molecular complexity index is 433. The lowest BCUT2D eigenvalue weighted by molar-refractivity contribution is -0.117. The van der Waals surface area contributed by atoms with Gasteiger partial charge in [-0.2, -0.15) is 0 Å². The third-order valence-corrected chi connectivity index (χ3v) is 2.98.